The maximum Gasteiger partial charge on any atom is 0.0583 e. The summed E-state index contributed by atoms with van der Waals surface area (Å²) in [6, 6.07) is 0. The number of rotatable bonds is 2. The van der Waals surface area contributed by atoms with Gasteiger partial charge >= 0.3 is 0 Å². The van der Waals surface area contributed by atoms with Crippen LogP contribution in [-0.4, -0.2) is 26.8 Å². The van der Waals surface area contributed by atoms with Gasteiger partial charge in [-0.15, -0.1) is 0 Å². The van der Waals surface area contributed by atoms with Crippen molar-refractivity contribution in [2.75, 3.05) is 26.8 Å². The molecule has 1 N–H and O–H groups in total. The summed E-state index contributed by atoms with van der Waals surface area (Å²) < 4.78 is 5.03. The van der Waals surface area contributed by atoms with Crippen LogP contribution in [0.15, 0.2) is 0 Å². The molecule has 1 fully saturated rings. The predicted octanol–water partition coefficient (Wildman–Crippen LogP) is -0.671. The fourth-order valence-corrected chi connectivity index (χ4v) is 1.40. The predicted molar refractivity (Wildman–Crippen MR) is 36.0 cm³/mol. The molecule has 2 unspecified atom stereocenters. The van der Waals surface area contributed by atoms with E-state index in [2.05, 4.69) is 7.05 Å². The molecule has 0 spiro atoms. The standard InChI is InChI=1S/C7H15NO/c1-8-4-3-7(5-8)6-9-2/h7-8H,1,3-6H2,2H3. The molecule has 9 heavy (non-hydrogen) atoms. The van der Waals surface area contributed by atoms with Crippen molar-refractivity contribution in [3.63, 3.8) is 0 Å². The molecular weight excluding hydrogens is 114 g/mol. The van der Waals surface area contributed by atoms with E-state index in [9.17, 15) is 0 Å². The summed E-state index contributed by atoms with van der Waals surface area (Å²) in [7, 11) is 5.70. The lowest BCUT2D eigenvalue weighted by Crippen LogP contribution is -3.04. The van der Waals surface area contributed by atoms with Gasteiger partial charge < -0.3 is 9.64 Å². The molecule has 0 saturated carbocycles. The van der Waals surface area contributed by atoms with Gasteiger partial charge in [0, 0.05) is 19.4 Å². The average Bonchev–Trinajstić information content (AvgIpc) is 2.17. The number of hydrogen-bond donors (Lipinski definition) is 1. The van der Waals surface area contributed by atoms with Gasteiger partial charge in [0.25, 0.3) is 0 Å². The van der Waals surface area contributed by atoms with Gasteiger partial charge in [-0.1, -0.05) is 0 Å². The van der Waals surface area contributed by atoms with Crippen LogP contribution in [0, 0.1) is 13.0 Å². The highest BCUT2D eigenvalue weighted by Crippen LogP contribution is 2.02. The van der Waals surface area contributed by atoms with Crippen molar-refractivity contribution < 1.29 is 9.64 Å². The molecule has 2 nitrogen and oxygen atoms in total. The Morgan fingerprint density at radius 1 is 1.78 bits per heavy atom. The lowest BCUT2D eigenvalue weighted by atomic mass is 10.1. The normalized spacial score (nSPS) is 35.3. The van der Waals surface area contributed by atoms with Crippen molar-refractivity contribution in [1.82, 2.24) is 0 Å². The van der Waals surface area contributed by atoms with Crippen molar-refractivity contribution in [3.05, 3.63) is 7.05 Å². The Hall–Kier alpha value is -0.0800. The van der Waals surface area contributed by atoms with E-state index in [4.69, 9.17) is 4.74 Å². The fourth-order valence-electron chi connectivity index (χ4n) is 1.40. The van der Waals surface area contributed by atoms with E-state index < -0.39 is 0 Å². The molecule has 1 saturated heterocycles. The molecule has 0 aromatic carbocycles. The van der Waals surface area contributed by atoms with Gasteiger partial charge in [-0.05, 0) is 0 Å². The van der Waals surface area contributed by atoms with Crippen LogP contribution in [0.2, 0.25) is 0 Å². The van der Waals surface area contributed by atoms with Crippen LogP contribution in [0.1, 0.15) is 6.42 Å². The van der Waals surface area contributed by atoms with E-state index in [1.54, 1.807) is 7.11 Å². The smallest absolute Gasteiger partial charge is 0.0583 e. The summed E-state index contributed by atoms with van der Waals surface area (Å²) in [5.41, 5.74) is 0. The first-order valence-electron chi connectivity index (χ1n) is 3.48. The van der Waals surface area contributed by atoms with E-state index in [0.717, 1.165) is 12.5 Å². The van der Waals surface area contributed by atoms with E-state index in [1.165, 1.54) is 24.4 Å². The Balaban J connectivity index is 2.14. The van der Waals surface area contributed by atoms with Crippen molar-refractivity contribution in [2.45, 2.75) is 6.42 Å². The highest BCUT2D eigenvalue weighted by atomic mass is 16.5. The second-order valence-electron chi connectivity index (χ2n) is 2.81. The molecule has 2 heteroatoms. The molecule has 0 aliphatic carbocycles. The lowest BCUT2D eigenvalue weighted by molar-refractivity contribution is -0.841. The first kappa shape index (κ1) is 7.03. The van der Waals surface area contributed by atoms with Crippen LogP contribution < -0.4 is 4.90 Å². The second-order valence-corrected chi connectivity index (χ2v) is 2.81. The van der Waals surface area contributed by atoms with Gasteiger partial charge in [-0.3, -0.25) is 0 Å². The monoisotopic (exact) mass is 129 g/mol. The first-order valence-corrected chi connectivity index (χ1v) is 3.48. The van der Waals surface area contributed by atoms with Crippen LogP contribution in [-0.2, 0) is 4.74 Å². The largest absolute Gasteiger partial charge is 0.468 e. The van der Waals surface area contributed by atoms with Crippen LogP contribution >= 0.6 is 0 Å². The number of hydrogen-bond acceptors (Lipinski definition) is 1. The van der Waals surface area contributed by atoms with Crippen LogP contribution in [0.5, 0.6) is 0 Å². The van der Waals surface area contributed by atoms with Crippen molar-refractivity contribution in [3.8, 4) is 0 Å². The molecule has 0 amide bonds. The van der Waals surface area contributed by atoms with Gasteiger partial charge in [-0.2, -0.15) is 7.05 Å². The van der Waals surface area contributed by atoms with E-state index >= 15 is 0 Å². The molecule has 1 heterocycles. The molecule has 0 bridgehead atoms. The minimum absolute atomic E-state index is 0.766. The maximum atomic E-state index is 5.03. The second kappa shape index (κ2) is 3.18. The number of ether oxygens (including phenoxy) is 1. The fraction of sp³-hybridized carbons (Fsp3) is 0.857. The Kier molecular flexibility index (Phi) is 2.49. The average molecular weight is 129 g/mol. The third kappa shape index (κ3) is 1.95. The van der Waals surface area contributed by atoms with Crippen molar-refractivity contribution in [2.24, 2.45) is 5.92 Å². The number of quaternary nitrogens is 1. The Morgan fingerprint density at radius 2 is 2.56 bits per heavy atom. The molecule has 1 rings (SSSR count). The van der Waals surface area contributed by atoms with Crippen LogP contribution in [0.3, 0.4) is 0 Å². The topological polar surface area (TPSA) is 13.7 Å². The highest BCUT2D eigenvalue weighted by Gasteiger charge is 2.19. The lowest BCUT2D eigenvalue weighted by Gasteiger charge is -2.12. The molecule has 2 atom stereocenters. The molecule has 1 aliphatic rings. The third-order valence-corrected chi connectivity index (χ3v) is 1.89. The highest BCUT2D eigenvalue weighted by molar-refractivity contribution is 4.60. The van der Waals surface area contributed by atoms with Gasteiger partial charge in [0.1, 0.15) is 0 Å². The van der Waals surface area contributed by atoms with Crippen LogP contribution in [0.4, 0.5) is 0 Å². The molecule has 0 radical (unpaired) electrons. The molecule has 0 aromatic rings. The van der Waals surface area contributed by atoms with Crippen LogP contribution in [0.25, 0.3) is 0 Å². The van der Waals surface area contributed by atoms with Gasteiger partial charge in [0.2, 0.25) is 0 Å². The van der Waals surface area contributed by atoms with Gasteiger partial charge in [0.05, 0.1) is 19.7 Å². The molecule has 54 valence electrons. The summed E-state index contributed by atoms with van der Waals surface area (Å²) in [5, 5.41) is 0. The Morgan fingerprint density at radius 3 is 3.00 bits per heavy atom. The third-order valence-electron chi connectivity index (χ3n) is 1.89. The van der Waals surface area contributed by atoms with E-state index in [1.807, 2.05) is 0 Å². The zero-order chi connectivity index (χ0) is 6.69. The zero-order valence-electron chi connectivity index (χ0n) is 6.02. The SMILES string of the molecule is [CH2-][NH+]1CCC(COC)C1. The molecular formula is C7H15NO. The quantitative estimate of drug-likeness (QED) is 0.488. The first-order chi connectivity index (χ1) is 4.33. The summed E-state index contributed by atoms with van der Waals surface area (Å²) in [5.74, 6) is 0.766. The van der Waals surface area contributed by atoms with Crippen molar-refractivity contribution >= 4 is 0 Å². The van der Waals surface area contributed by atoms with E-state index in [-0.39, 0.29) is 0 Å². The Labute approximate surface area is 56.8 Å². The van der Waals surface area contributed by atoms with Gasteiger partial charge in [0.15, 0.2) is 0 Å². The Bertz CT molecular complexity index is 83.0. The van der Waals surface area contributed by atoms with E-state index in [0.29, 0.717) is 0 Å². The number of nitrogens with one attached hydrogen (secondary N) is 1. The summed E-state index contributed by atoms with van der Waals surface area (Å²) in [6.45, 7) is 3.32. The number of methoxy groups -OCH3 is 1. The minimum Gasteiger partial charge on any atom is -0.468 e. The molecule has 1 aliphatic heterocycles. The summed E-state index contributed by atoms with van der Waals surface area (Å²) in [4.78, 5) is 1.40. The minimum atomic E-state index is 0.766. The van der Waals surface area contributed by atoms with Crippen molar-refractivity contribution in [1.29, 1.82) is 0 Å². The summed E-state index contributed by atoms with van der Waals surface area (Å²) in [6.07, 6.45) is 1.28. The maximum absolute atomic E-state index is 5.03. The van der Waals surface area contributed by atoms with Gasteiger partial charge in [-0.25, -0.2) is 0 Å². The number of likely N-dealkylation sites (tertiary alicyclic amines) is 1. The molecule has 0 aromatic heterocycles. The zero-order valence-corrected chi connectivity index (χ0v) is 6.02. The summed E-state index contributed by atoms with van der Waals surface area (Å²) >= 11 is 0.